The third kappa shape index (κ3) is 2.44. The molecular weight excluding hydrogens is 343 g/mol. The van der Waals surface area contributed by atoms with E-state index in [0.717, 1.165) is 12.8 Å². The molecule has 0 N–H and O–H groups in total. The Morgan fingerprint density at radius 2 is 1.85 bits per heavy atom. The lowest BCUT2D eigenvalue weighted by Crippen LogP contribution is -1.98. The summed E-state index contributed by atoms with van der Waals surface area (Å²) in [6, 6.07) is 6.93. The Morgan fingerprint density at radius 3 is 2.40 bits per heavy atom. The number of aromatic nitrogens is 2. The molecule has 1 aliphatic rings. The van der Waals surface area contributed by atoms with Gasteiger partial charge in [0.25, 0.3) is 9.05 Å². The van der Waals surface area contributed by atoms with E-state index in [0.29, 0.717) is 16.4 Å². The molecule has 1 heterocycles. The summed E-state index contributed by atoms with van der Waals surface area (Å²) in [6.45, 7) is 0. The van der Waals surface area contributed by atoms with E-state index in [4.69, 9.17) is 33.9 Å². The van der Waals surface area contributed by atoms with Gasteiger partial charge in [0.1, 0.15) is 4.90 Å². The van der Waals surface area contributed by atoms with E-state index >= 15 is 0 Å². The van der Waals surface area contributed by atoms with Gasteiger partial charge in [0, 0.05) is 16.6 Å². The smallest absolute Gasteiger partial charge is 0.219 e. The molecule has 20 heavy (non-hydrogen) atoms. The monoisotopic (exact) mass is 350 g/mol. The zero-order valence-electron chi connectivity index (χ0n) is 10.1. The minimum Gasteiger partial charge on any atom is -0.219 e. The van der Waals surface area contributed by atoms with Crippen molar-refractivity contribution in [1.29, 1.82) is 0 Å². The van der Waals surface area contributed by atoms with E-state index in [1.165, 1.54) is 4.68 Å². The summed E-state index contributed by atoms with van der Waals surface area (Å²) in [5, 5.41) is 4.70. The standard InChI is InChI=1S/C12H9Cl3N2O2S/c13-8-3-1-2-4-9(8)17-12(14)11(20(15,18)19)10(16-17)7-5-6-7/h1-4,7H,5-6H2. The van der Waals surface area contributed by atoms with Crippen molar-refractivity contribution in [1.82, 2.24) is 9.78 Å². The number of benzene rings is 1. The van der Waals surface area contributed by atoms with Crippen LogP contribution in [-0.2, 0) is 9.05 Å². The molecule has 1 saturated carbocycles. The first-order valence-corrected chi connectivity index (χ1v) is 8.94. The lowest BCUT2D eigenvalue weighted by molar-refractivity contribution is 0.608. The summed E-state index contributed by atoms with van der Waals surface area (Å²) in [7, 11) is 1.53. The van der Waals surface area contributed by atoms with Crippen LogP contribution in [0.2, 0.25) is 10.2 Å². The van der Waals surface area contributed by atoms with Gasteiger partial charge in [-0.2, -0.15) is 5.10 Å². The van der Waals surface area contributed by atoms with Crippen molar-refractivity contribution in [3.05, 3.63) is 40.1 Å². The van der Waals surface area contributed by atoms with Crippen molar-refractivity contribution in [3.8, 4) is 5.69 Å². The number of para-hydroxylation sites is 1. The molecule has 0 aliphatic heterocycles. The molecule has 1 aromatic heterocycles. The molecule has 0 amide bonds. The Labute approximate surface area is 130 Å². The normalized spacial score (nSPS) is 15.6. The number of hydrogen-bond acceptors (Lipinski definition) is 3. The minimum absolute atomic E-state index is 0.0324. The number of rotatable bonds is 3. The predicted octanol–water partition coefficient (Wildman–Crippen LogP) is 3.98. The van der Waals surface area contributed by atoms with Crippen molar-refractivity contribution < 1.29 is 8.42 Å². The molecule has 8 heteroatoms. The van der Waals surface area contributed by atoms with Crippen molar-refractivity contribution in [2.24, 2.45) is 0 Å². The molecule has 0 bridgehead atoms. The molecule has 3 rings (SSSR count). The van der Waals surface area contributed by atoms with Crippen LogP contribution in [0, 0.1) is 0 Å². The fourth-order valence-corrected chi connectivity index (χ4v) is 4.10. The van der Waals surface area contributed by atoms with Crippen molar-refractivity contribution in [2.75, 3.05) is 0 Å². The number of nitrogens with zero attached hydrogens (tertiary/aromatic N) is 2. The predicted molar refractivity (Wildman–Crippen MR) is 78.6 cm³/mol. The van der Waals surface area contributed by atoms with Gasteiger partial charge < -0.3 is 0 Å². The van der Waals surface area contributed by atoms with E-state index in [2.05, 4.69) is 5.10 Å². The molecule has 1 aliphatic carbocycles. The number of hydrogen-bond donors (Lipinski definition) is 0. The molecule has 4 nitrogen and oxygen atoms in total. The average Bonchev–Trinajstić information content (AvgIpc) is 3.13. The molecule has 0 saturated heterocycles. The van der Waals surface area contributed by atoms with Gasteiger partial charge in [-0.15, -0.1) is 0 Å². The van der Waals surface area contributed by atoms with Crippen LogP contribution in [0.25, 0.3) is 5.69 Å². The van der Waals surface area contributed by atoms with Crippen LogP contribution >= 0.6 is 33.9 Å². The zero-order chi connectivity index (χ0) is 14.5. The van der Waals surface area contributed by atoms with Crippen LogP contribution < -0.4 is 0 Å². The highest BCUT2D eigenvalue weighted by molar-refractivity contribution is 8.13. The summed E-state index contributed by atoms with van der Waals surface area (Å²) in [5.74, 6) is 0.0970. The Morgan fingerprint density at radius 1 is 1.20 bits per heavy atom. The largest absolute Gasteiger partial charge is 0.266 e. The lowest BCUT2D eigenvalue weighted by Gasteiger charge is -2.04. The second-order valence-electron chi connectivity index (χ2n) is 4.58. The minimum atomic E-state index is -3.96. The molecule has 0 spiro atoms. The molecular formula is C12H9Cl3N2O2S. The summed E-state index contributed by atoms with van der Waals surface area (Å²) in [4.78, 5) is -0.108. The molecule has 1 aromatic carbocycles. The second kappa shape index (κ2) is 4.91. The topological polar surface area (TPSA) is 52.0 Å². The highest BCUT2D eigenvalue weighted by atomic mass is 35.7. The third-order valence-corrected chi connectivity index (χ3v) is 5.24. The molecule has 0 atom stereocenters. The first kappa shape index (κ1) is 14.2. The Bertz CT molecular complexity index is 782. The summed E-state index contributed by atoms with van der Waals surface area (Å²) in [6.07, 6.45) is 1.77. The SMILES string of the molecule is O=S(=O)(Cl)c1c(C2CC2)nn(-c2ccccc2Cl)c1Cl. The van der Waals surface area contributed by atoms with Crippen LogP contribution in [0.1, 0.15) is 24.5 Å². The van der Waals surface area contributed by atoms with Gasteiger partial charge in [-0.1, -0.05) is 35.3 Å². The fourth-order valence-electron chi connectivity index (χ4n) is 2.03. The van der Waals surface area contributed by atoms with Crippen LogP contribution in [0.5, 0.6) is 0 Å². The van der Waals surface area contributed by atoms with Gasteiger partial charge in [0.15, 0.2) is 5.15 Å². The summed E-state index contributed by atoms with van der Waals surface area (Å²) in [5.41, 5.74) is 0.942. The van der Waals surface area contributed by atoms with Gasteiger partial charge in [-0.25, -0.2) is 13.1 Å². The lowest BCUT2D eigenvalue weighted by atomic mass is 10.3. The summed E-state index contributed by atoms with van der Waals surface area (Å²) >= 11 is 12.3. The summed E-state index contributed by atoms with van der Waals surface area (Å²) < 4.78 is 24.8. The zero-order valence-corrected chi connectivity index (χ0v) is 13.1. The maximum Gasteiger partial charge on any atom is 0.266 e. The molecule has 106 valence electrons. The second-order valence-corrected chi connectivity index (χ2v) is 7.85. The first-order valence-electron chi connectivity index (χ1n) is 5.87. The van der Waals surface area contributed by atoms with E-state index < -0.39 is 9.05 Å². The molecule has 0 unspecified atom stereocenters. The average molecular weight is 352 g/mol. The maximum absolute atomic E-state index is 11.7. The third-order valence-electron chi connectivity index (χ3n) is 3.10. The van der Waals surface area contributed by atoms with Gasteiger partial charge >= 0.3 is 0 Å². The molecule has 0 radical (unpaired) electrons. The quantitative estimate of drug-likeness (QED) is 0.786. The Kier molecular flexibility index (Phi) is 3.49. The first-order chi connectivity index (χ1) is 9.39. The van der Waals surface area contributed by atoms with E-state index in [-0.39, 0.29) is 16.0 Å². The maximum atomic E-state index is 11.7. The van der Waals surface area contributed by atoms with Crippen molar-refractivity contribution >= 4 is 42.9 Å². The van der Waals surface area contributed by atoms with Gasteiger partial charge in [-0.05, 0) is 25.0 Å². The molecule has 1 fully saturated rings. The molecule has 2 aromatic rings. The van der Waals surface area contributed by atoms with Crippen molar-refractivity contribution in [2.45, 2.75) is 23.7 Å². The highest BCUT2D eigenvalue weighted by Crippen LogP contribution is 2.45. The van der Waals surface area contributed by atoms with E-state index in [1.54, 1.807) is 24.3 Å². The van der Waals surface area contributed by atoms with E-state index in [9.17, 15) is 8.42 Å². The fraction of sp³-hybridized carbons (Fsp3) is 0.250. The van der Waals surface area contributed by atoms with Gasteiger partial charge in [-0.3, -0.25) is 0 Å². The Balaban J connectivity index is 2.26. The highest BCUT2D eigenvalue weighted by Gasteiger charge is 2.36. The van der Waals surface area contributed by atoms with Gasteiger partial charge in [0.2, 0.25) is 0 Å². The van der Waals surface area contributed by atoms with Crippen LogP contribution in [-0.4, -0.2) is 18.2 Å². The Hall–Kier alpha value is -0.750. The van der Waals surface area contributed by atoms with E-state index in [1.807, 2.05) is 0 Å². The van der Waals surface area contributed by atoms with Crippen LogP contribution in [0.4, 0.5) is 0 Å². The van der Waals surface area contributed by atoms with Gasteiger partial charge in [0.05, 0.1) is 16.4 Å². The van der Waals surface area contributed by atoms with Crippen LogP contribution in [0.15, 0.2) is 29.2 Å². The van der Waals surface area contributed by atoms with Crippen LogP contribution in [0.3, 0.4) is 0 Å². The number of halogens is 3. The van der Waals surface area contributed by atoms with Crippen molar-refractivity contribution in [3.63, 3.8) is 0 Å².